The van der Waals surface area contributed by atoms with Gasteiger partial charge >= 0.3 is 76.1 Å². The van der Waals surface area contributed by atoms with Crippen molar-refractivity contribution in [2.75, 3.05) is 0 Å². The quantitative estimate of drug-likeness (QED) is 0.399. The van der Waals surface area contributed by atoms with Gasteiger partial charge in [0.05, 0.1) is 0 Å². The van der Waals surface area contributed by atoms with E-state index in [-0.39, 0.29) is 0 Å². The summed E-state index contributed by atoms with van der Waals surface area (Å²) in [6.07, 6.45) is 4.98. The number of rotatable bonds is 6. The molecular weight excluding hydrogens is 195 g/mol. The average Bonchev–Trinajstić information content (AvgIpc) is 2.04. The molecule has 0 radical (unpaired) electrons. The minimum absolute atomic E-state index is 0.806. The Balaban J connectivity index is 0. The molecular formula is C9H17NaO4. The number of unbranched alkanes of at least 4 members (excludes halogenated alkanes) is 3. The van der Waals surface area contributed by atoms with Crippen molar-refractivity contribution in [3.8, 4) is 0 Å². The summed E-state index contributed by atoms with van der Waals surface area (Å²) in [5.74, 6) is -2.62. The Morgan fingerprint density at radius 3 is 1.79 bits per heavy atom. The number of hydrogen-bond acceptors (Lipinski definition) is 2. The van der Waals surface area contributed by atoms with Gasteiger partial charge in [0.2, 0.25) is 0 Å². The molecule has 0 heterocycles. The van der Waals surface area contributed by atoms with Crippen LogP contribution in [0.2, 0.25) is 3.67 Å². The van der Waals surface area contributed by atoms with Crippen molar-refractivity contribution in [1.29, 1.82) is 0 Å². The Hall–Kier alpha value is -0.0600. The molecule has 0 saturated carbocycles. The van der Waals surface area contributed by atoms with Gasteiger partial charge in [-0.05, 0) is 0 Å². The van der Waals surface area contributed by atoms with Crippen molar-refractivity contribution < 1.29 is 19.8 Å². The van der Waals surface area contributed by atoms with Crippen LogP contribution in [0.5, 0.6) is 0 Å². The largest absolute Gasteiger partial charge is 0.481 e. The van der Waals surface area contributed by atoms with Gasteiger partial charge in [0.25, 0.3) is 0 Å². The average molecular weight is 212 g/mol. The SMILES string of the molecule is CCCCC[CH2][Na].O=C(O)CC(=O)O. The van der Waals surface area contributed by atoms with E-state index >= 15 is 0 Å². The zero-order valence-corrected chi connectivity index (χ0v) is 11.0. The van der Waals surface area contributed by atoms with E-state index in [1.165, 1.54) is 57.3 Å². The molecule has 4 nitrogen and oxygen atoms in total. The van der Waals surface area contributed by atoms with Crippen LogP contribution in [-0.2, 0) is 9.59 Å². The molecule has 0 fully saturated rings. The van der Waals surface area contributed by atoms with Gasteiger partial charge in [-0.3, -0.25) is 9.59 Å². The molecule has 0 spiro atoms. The molecule has 0 aromatic heterocycles. The van der Waals surface area contributed by atoms with Crippen LogP contribution in [0.3, 0.4) is 0 Å². The summed E-state index contributed by atoms with van der Waals surface area (Å²) in [6.45, 7) is 2.26. The number of hydrogen-bond donors (Lipinski definition) is 2. The summed E-state index contributed by atoms with van der Waals surface area (Å²) in [5.41, 5.74) is 0. The normalized spacial score (nSPS) is 8.79. The summed E-state index contributed by atoms with van der Waals surface area (Å²) in [5, 5.41) is 15.4. The Labute approximate surface area is 102 Å². The Morgan fingerprint density at radius 2 is 1.57 bits per heavy atom. The van der Waals surface area contributed by atoms with Crippen molar-refractivity contribution in [1.82, 2.24) is 0 Å². The van der Waals surface area contributed by atoms with Gasteiger partial charge in [-0.25, -0.2) is 0 Å². The second-order valence-electron chi connectivity index (χ2n) is 3.02. The molecule has 0 aliphatic carbocycles. The van der Waals surface area contributed by atoms with Crippen LogP contribution in [0.15, 0.2) is 0 Å². The zero-order chi connectivity index (χ0) is 11.4. The molecule has 5 heteroatoms. The molecule has 0 unspecified atom stereocenters. The molecule has 0 aromatic carbocycles. The fourth-order valence-corrected chi connectivity index (χ4v) is 1.31. The summed E-state index contributed by atoms with van der Waals surface area (Å²) in [7, 11) is 0. The summed E-state index contributed by atoms with van der Waals surface area (Å²) < 4.78 is 1.50. The third-order valence-electron chi connectivity index (χ3n) is 1.51. The topological polar surface area (TPSA) is 74.6 Å². The molecule has 0 aromatic rings. The molecule has 0 bridgehead atoms. The van der Waals surface area contributed by atoms with Crippen molar-refractivity contribution in [3.05, 3.63) is 0 Å². The molecule has 14 heavy (non-hydrogen) atoms. The van der Waals surface area contributed by atoms with E-state index in [1.54, 1.807) is 0 Å². The van der Waals surface area contributed by atoms with Crippen molar-refractivity contribution >= 4 is 39.9 Å². The van der Waals surface area contributed by atoms with E-state index in [4.69, 9.17) is 10.2 Å². The van der Waals surface area contributed by atoms with Crippen LogP contribution in [-0.4, -0.2) is 50.1 Å². The van der Waals surface area contributed by atoms with Gasteiger partial charge in [-0.2, -0.15) is 0 Å². The van der Waals surface area contributed by atoms with Crippen LogP contribution in [0.25, 0.3) is 0 Å². The fraction of sp³-hybridized carbons (Fsp3) is 0.778. The number of carboxylic acid groups (broad SMARTS) is 2. The minimum atomic E-state index is -1.31. The summed E-state index contributed by atoms with van der Waals surface area (Å²) >= 11 is 1.41. The number of carboxylic acids is 2. The molecule has 2 N–H and O–H groups in total. The van der Waals surface area contributed by atoms with Gasteiger partial charge in [-0.15, -0.1) is 0 Å². The second kappa shape index (κ2) is 12.9. The molecule has 0 saturated heterocycles. The van der Waals surface area contributed by atoms with Gasteiger partial charge in [0.1, 0.15) is 6.42 Å². The number of aliphatic carboxylic acids is 2. The first kappa shape index (κ1) is 16.4. The standard InChI is InChI=1S/C6H13.C3H4O4.Na/c1-3-5-6-4-2;4-2(5)1-3(6)7;/h1,3-6H2,2H3;1H2,(H,4,5)(H,6,7);. The van der Waals surface area contributed by atoms with Crippen molar-refractivity contribution in [2.45, 2.75) is 42.7 Å². The smallest absolute Gasteiger partial charge is 0.314 e. The first-order chi connectivity index (χ1) is 6.54. The fourth-order valence-electron chi connectivity index (χ4n) is 0.806. The van der Waals surface area contributed by atoms with Crippen LogP contribution in [0, 0.1) is 0 Å². The third-order valence-corrected chi connectivity index (χ3v) is 2.22. The Kier molecular flexibility index (Phi) is 15.1. The predicted molar refractivity (Wildman–Crippen MR) is 54.6 cm³/mol. The predicted octanol–water partition coefficient (Wildman–Crippen LogP) is 1.70. The van der Waals surface area contributed by atoms with Gasteiger partial charge in [0.15, 0.2) is 0 Å². The third kappa shape index (κ3) is 22.7. The zero-order valence-electron chi connectivity index (χ0n) is 8.95. The van der Waals surface area contributed by atoms with Crippen LogP contribution in [0.4, 0.5) is 0 Å². The molecule has 0 atom stereocenters. The van der Waals surface area contributed by atoms with E-state index in [0.29, 0.717) is 0 Å². The van der Waals surface area contributed by atoms with Crippen LogP contribution >= 0.6 is 0 Å². The maximum Gasteiger partial charge on any atom is 0.314 e. The van der Waals surface area contributed by atoms with Gasteiger partial charge in [0, 0.05) is 0 Å². The van der Waals surface area contributed by atoms with Crippen molar-refractivity contribution in [3.63, 3.8) is 0 Å². The van der Waals surface area contributed by atoms with E-state index in [0.717, 1.165) is 0 Å². The monoisotopic (exact) mass is 212 g/mol. The maximum atomic E-state index is 9.43. The molecule has 0 amide bonds. The minimum Gasteiger partial charge on any atom is -0.481 e. The second-order valence-corrected chi connectivity index (χ2v) is 4.02. The first-order valence-corrected chi connectivity index (χ1v) is 6.39. The maximum absolute atomic E-state index is 9.43. The molecule has 0 rings (SSSR count). The van der Waals surface area contributed by atoms with Gasteiger partial charge in [-0.1, -0.05) is 0 Å². The summed E-state index contributed by atoms with van der Waals surface area (Å²) in [6, 6.07) is 0. The molecule has 0 aliphatic heterocycles. The van der Waals surface area contributed by atoms with Crippen LogP contribution in [0.1, 0.15) is 39.0 Å². The van der Waals surface area contributed by atoms with Crippen LogP contribution < -0.4 is 0 Å². The Morgan fingerprint density at radius 1 is 1.07 bits per heavy atom. The molecule has 0 aliphatic rings. The Bertz CT molecular complexity index is 143. The molecule has 78 valence electrons. The summed E-state index contributed by atoms with van der Waals surface area (Å²) in [4.78, 5) is 18.9. The first-order valence-electron chi connectivity index (χ1n) is 4.98. The van der Waals surface area contributed by atoms with E-state index in [2.05, 4.69) is 6.92 Å². The van der Waals surface area contributed by atoms with E-state index in [9.17, 15) is 9.59 Å². The van der Waals surface area contributed by atoms with E-state index in [1.807, 2.05) is 0 Å². The van der Waals surface area contributed by atoms with Crippen molar-refractivity contribution in [2.24, 2.45) is 0 Å². The number of carbonyl (C=O) groups is 2. The van der Waals surface area contributed by atoms with Gasteiger partial charge < -0.3 is 10.2 Å². The van der Waals surface area contributed by atoms with E-state index < -0.39 is 18.4 Å².